The standard InChI is InChI=1S/C13H18FNO/c1-9-3-5-11(14)7-13(9)15-8-12-6-4-10(2)16-12/h3,5,7,10,12,15H,4,6,8H2,1-2H3. The fraction of sp³-hybridized carbons (Fsp3) is 0.538. The van der Waals surface area contributed by atoms with Crippen LogP contribution >= 0.6 is 0 Å². The van der Waals surface area contributed by atoms with Crippen LogP contribution in [0.25, 0.3) is 0 Å². The molecule has 0 aliphatic carbocycles. The molecule has 2 atom stereocenters. The minimum Gasteiger partial charge on any atom is -0.382 e. The first kappa shape index (κ1) is 11.4. The molecule has 3 heteroatoms. The Balaban J connectivity index is 1.91. The molecule has 1 heterocycles. The Morgan fingerprint density at radius 3 is 2.94 bits per heavy atom. The van der Waals surface area contributed by atoms with E-state index in [1.807, 2.05) is 6.92 Å². The van der Waals surface area contributed by atoms with Gasteiger partial charge < -0.3 is 10.1 Å². The number of halogens is 1. The van der Waals surface area contributed by atoms with Crippen LogP contribution in [-0.4, -0.2) is 18.8 Å². The number of hydrogen-bond acceptors (Lipinski definition) is 2. The summed E-state index contributed by atoms with van der Waals surface area (Å²) in [6, 6.07) is 4.80. The van der Waals surface area contributed by atoms with Gasteiger partial charge >= 0.3 is 0 Å². The molecular formula is C13H18FNO. The molecule has 16 heavy (non-hydrogen) atoms. The van der Waals surface area contributed by atoms with Crippen molar-refractivity contribution in [3.8, 4) is 0 Å². The summed E-state index contributed by atoms with van der Waals surface area (Å²) in [7, 11) is 0. The summed E-state index contributed by atoms with van der Waals surface area (Å²) in [5, 5.41) is 3.25. The highest BCUT2D eigenvalue weighted by atomic mass is 19.1. The van der Waals surface area contributed by atoms with E-state index in [-0.39, 0.29) is 11.9 Å². The average Bonchev–Trinajstić information content (AvgIpc) is 2.66. The Hall–Kier alpha value is -1.09. The number of anilines is 1. The van der Waals surface area contributed by atoms with Gasteiger partial charge in [0.2, 0.25) is 0 Å². The van der Waals surface area contributed by atoms with Crippen LogP contribution in [0.15, 0.2) is 18.2 Å². The van der Waals surface area contributed by atoms with Gasteiger partial charge in [0.1, 0.15) is 5.82 Å². The van der Waals surface area contributed by atoms with Crippen molar-refractivity contribution in [2.45, 2.75) is 38.9 Å². The topological polar surface area (TPSA) is 21.3 Å². The predicted octanol–water partition coefficient (Wildman–Crippen LogP) is 3.11. The highest BCUT2D eigenvalue weighted by molar-refractivity contribution is 5.50. The van der Waals surface area contributed by atoms with Crippen LogP contribution < -0.4 is 5.32 Å². The summed E-state index contributed by atoms with van der Waals surface area (Å²) in [4.78, 5) is 0. The zero-order chi connectivity index (χ0) is 11.5. The SMILES string of the molecule is Cc1ccc(F)cc1NCC1CCC(C)O1. The first-order chi connectivity index (χ1) is 7.65. The van der Waals surface area contributed by atoms with Crippen LogP contribution in [-0.2, 0) is 4.74 Å². The molecule has 0 radical (unpaired) electrons. The van der Waals surface area contributed by atoms with Gasteiger partial charge in [-0.25, -0.2) is 4.39 Å². The summed E-state index contributed by atoms with van der Waals surface area (Å²) >= 11 is 0. The van der Waals surface area contributed by atoms with Crippen LogP contribution in [0, 0.1) is 12.7 Å². The molecule has 2 nitrogen and oxygen atoms in total. The van der Waals surface area contributed by atoms with Crippen LogP contribution in [0.1, 0.15) is 25.3 Å². The van der Waals surface area contributed by atoms with Crippen molar-refractivity contribution in [2.24, 2.45) is 0 Å². The van der Waals surface area contributed by atoms with E-state index in [4.69, 9.17) is 4.74 Å². The smallest absolute Gasteiger partial charge is 0.125 e. The Morgan fingerprint density at radius 1 is 1.44 bits per heavy atom. The summed E-state index contributed by atoms with van der Waals surface area (Å²) in [6.07, 6.45) is 2.83. The fourth-order valence-electron chi connectivity index (χ4n) is 2.04. The molecule has 1 saturated heterocycles. The molecule has 2 unspecified atom stereocenters. The second kappa shape index (κ2) is 4.83. The van der Waals surface area contributed by atoms with Crippen molar-refractivity contribution in [3.63, 3.8) is 0 Å². The molecule has 1 fully saturated rings. The van der Waals surface area contributed by atoms with E-state index >= 15 is 0 Å². The third-order valence-electron chi connectivity index (χ3n) is 3.04. The lowest BCUT2D eigenvalue weighted by atomic mass is 10.1. The Morgan fingerprint density at radius 2 is 2.25 bits per heavy atom. The molecule has 1 aliphatic rings. The van der Waals surface area contributed by atoms with Crippen LogP contribution in [0.2, 0.25) is 0 Å². The molecule has 0 spiro atoms. The number of aryl methyl sites for hydroxylation is 1. The number of nitrogens with one attached hydrogen (secondary N) is 1. The molecule has 88 valence electrons. The van der Waals surface area contributed by atoms with E-state index in [1.54, 1.807) is 6.07 Å². The van der Waals surface area contributed by atoms with Gasteiger partial charge in [0.25, 0.3) is 0 Å². The van der Waals surface area contributed by atoms with Crippen LogP contribution in [0.5, 0.6) is 0 Å². The monoisotopic (exact) mass is 223 g/mol. The molecule has 0 bridgehead atoms. The number of ether oxygens (including phenoxy) is 1. The number of benzene rings is 1. The minimum atomic E-state index is -0.200. The van der Waals surface area contributed by atoms with Crippen molar-refractivity contribution in [2.75, 3.05) is 11.9 Å². The normalized spacial score (nSPS) is 24.7. The van der Waals surface area contributed by atoms with Crippen molar-refractivity contribution in [1.29, 1.82) is 0 Å². The van der Waals surface area contributed by atoms with Crippen molar-refractivity contribution in [1.82, 2.24) is 0 Å². The molecule has 1 aromatic carbocycles. The highest BCUT2D eigenvalue weighted by Crippen LogP contribution is 2.21. The van der Waals surface area contributed by atoms with Gasteiger partial charge in [-0.2, -0.15) is 0 Å². The lowest BCUT2D eigenvalue weighted by Crippen LogP contribution is -2.20. The minimum absolute atomic E-state index is 0.200. The largest absolute Gasteiger partial charge is 0.382 e. The number of rotatable bonds is 3. The van der Waals surface area contributed by atoms with E-state index in [9.17, 15) is 4.39 Å². The molecule has 0 aromatic heterocycles. The van der Waals surface area contributed by atoms with Crippen LogP contribution in [0.3, 0.4) is 0 Å². The van der Waals surface area contributed by atoms with Gasteiger partial charge in [-0.1, -0.05) is 6.07 Å². The third kappa shape index (κ3) is 2.73. The van der Waals surface area contributed by atoms with E-state index < -0.39 is 0 Å². The maximum atomic E-state index is 13.0. The third-order valence-corrected chi connectivity index (χ3v) is 3.04. The Labute approximate surface area is 95.8 Å². The lowest BCUT2D eigenvalue weighted by molar-refractivity contribution is 0.0637. The van der Waals surface area contributed by atoms with E-state index in [0.29, 0.717) is 6.10 Å². The van der Waals surface area contributed by atoms with Gasteiger partial charge in [0.15, 0.2) is 0 Å². The first-order valence-electron chi connectivity index (χ1n) is 5.80. The summed E-state index contributed by atoms with van der Waals surface area (Å²) < 4.78 is 18.7. The zero-order valence-electron chi connectivity index (χ0n) is 9.79. The highest BCUT2D eigenvalue weighted by Gasteiger charge is 2.21. The second-order valence-corrected chi connectivity index (χ2v) is 4.49. The van der Waals surface area contributed by atoms with Gasteiger partial charge in [-0.3, -0.25) is 0 Å². The fourth-order valence-corrected chi connectivity index (χ4v) is 2.04. The van der Waals surface area contributed by atoms with Crippen LogP contribution in [0.4, 0.5) is 10.1 Å². The van der Waals surface area contributed by atoms with Crippen molar-refractivity contribution < 1.29 is 9.13 Å². The van der Waals surface area contributed by atoms with Gasteiger partial charge in [-0.15, -0.1) is 0 Å². The molecule has 0 saturated carbocycles. The van der Waals surface area contributed by atoms with Gasteiger partial charge in [0.05, 0.1) is 12.2 Å². The molecule has 1 aromatic rings. The quantitative estimate of drug-likeness (QED) is 0.850. The number of hydrogen-bond donors (Lipinski definition) is 1. The van der Waals surface area contributed by atoms with Crippen molar-refractivity contribution >= 4 is 5.69 Å². The first-order valence-corrected chi connectivity index (χ1v) is 5.80. The molecule has 0 amide bonds. The summed E-state index contributed by atoms with van der Waals surface area (Å²) in [5.74, 6) is -0.200. The van der Waals surface area contributed by atoms with Gasteiger partial charge in [-0.05, 0) is 44.4 Å². The maximum absolute atomic E-state index is 13.0. The molecular weight excluding hydrogens is 205 g/mol. The maximum Gasteiger partial charge on any atom is 0.125 e. The predicted molar refractivity (Wildman–Crippen MR) is 63.2 cm³/mol. The lowest BCUT2D eigenvalue weighted by Gasteiger charge is -2.14. The van der Waals surface area contributed by atoms with Gasteiger partial charge in [0, 0.05) is 12.2 Å². The second-order valence-electron chi connectivity index (χ2n) is 4.49. The molecule has 1 N–H and O–H groups in total. The Bertz CT molecular complexity index is 367. The Kier molecular flexibility index (Phi) is 3.44. The summed E-state index contributed by atoms with van der Waals surface area (Å²) in [5.41, 5.74) is 1.93. The van der Waals surface area contributed by atoms with Crippen molar-refractivity contribution in [3.05, 3.63) is 29.6 Å². The zero-order valence-corrected chi connectivity index (χ0v) is 9.79. The van der Waals surface area contributed by atoms with E-state index in [0.717, 1.165) is 30.6 Å². The van der Waals surface area contributed by atoms with E-state index in [2.05, 4.69) is 12.2 Å². The molecule has 2 rings (SSSR count). The molecule has 1 aliphatic heterocycles. The average molecular weight is 223 g/mol. The summed E-state index contributed by atoms with van der Waals surface area (Å²) in [6.45, 7) is 4.82. The van der Waals surface area contributed by atoms with E-state index in [1.165, 1.54) is 12.1 Å².